The van der Waals surface area contributed by atoms with Crippen molar-refractivity contribution in [3.05, 3.63) is 24.3 Å². The molecule has 11 heteroatoms. The Morgan fingerprint density at radius 3 is 2.22 bits per heavy atom. The SMILES string of the molecule is CCCNC(=O)NC(=O)C[NH+](C)CC(=O)Nc1ccc(OC(F)(F)F)cc1. The van der Waals surface area contributed by atoms with Gasteiger partial charge in [-0.3, -0.25) is 14.9 Å². The molecule has 0 saturated carbocycles. The fraction of sp³-hybridized carbons (Fsp3) is 0.438. The molecule has 0 heterocycles. The number of benzene rings is 1. The Balaban J connectivity index is 2.40. The maximum atomic E-state index is 12.1. The topological polar surface area (TPSA) is 101 Å². The van der Waals surface area contributed by atoms with Gasteiger partial charge in [-0.2, -0.15) is 0 Å². The largest absolute Gasteiger partial charge is 0.573 e. The summed E-state index contributed by atoms with van der Waals surface area (Å²) in [6.45, 7) is 2.13. The monoisotopic (exact) mass is 391 g/mol. The van der Waals surface area contributed by atoms with Crippen molar-refractivity contribution in [1.82, 2.24) is 10.6 Å². The number of likely N-dealkylation sites (N-methyl/N-ethyl adjacent to an activating group) is 1. The Hall–Kier alpha value is -2.82. The number of ether oxygens (including phenoxy) is 1. The minimum absolute atomic E-state index is 0.0786. The highest BCUT2D eigenvalue weighted by atomic mass is 19.4. The molecule has 8 nitrogen and oxygen atoms in total. The summed E-state index contributed by atoms with van der Waals surface area (Å²) in [5.41, 5.74) is 0.283. The molecule has 0 bridgehead atoms. The number of hydrogen-bond donors (Lipinski definition) is 4. The van der Waals surface area contributed by atoms with E-state index in [-0.39, 0.29) is 18.8 Å². The summed E-state index contributed by atoms with van der Waals surface area (Å²) < 4.78 is 40.0. The summed E-state index contributed by atoms with van der Waals surface area (Å²) in [6.07, 6.45) is -4.05. The van der Waals surface area contributed by atoms with Gasteiger partial charge in [-0.25, -0.2) is 4.79 Å². The zero-order chi connectivity index (χ0) is 20.4. The standard InChI is InChI=1S/C16H21F3N4O4/c1-3-8-20-15(26)22-14(25)10-23(2)9-13(24)21-11-4-6-12(7-5-11)27-16(17,18)19/h4-7H,3,8-10H2,1-2H3,(H,21,24)(H2,20,22,25,26)/p+1. The second-order valence-corrected chi connectivity index (χ2v) is 5.74. The second kappa shape index (κ2) is 10.4. The molecule has 0 aliphatic carbocycles. The number of amides is 4. The smallest absolute Gasteiger partial charge is 0.406 e. The molecule has 150 valence electrons. The van der Waals surface area contributed by atoms with Gasteiger partial charge in [0.05, 0.1) is 7.05 Å². The molecule has 4 amide bonds. The molecule has 0 spiro atoms. The summed E-state index contributed by atoms with van der Waals surface area (Å²) in [5.74, 6) is -1.39. The quantitative estimate of drug-likeness (QED) is 0.511. The van der Waals surface area contributed by atoms with Gasteiger partial charge in [0.15, 0.2) is 13.1 Å². The van der Waals surface area contributed by atoms with Gasteiger partial charge in [0.25, 0.3) is 11.8 Å². The molecular formula is C16H22F3N4O4+. The van der Waals surface area contributed by atoms with Gasteiger partial charge in [0, 0.05) is 12.2 Å². The van der Waals surface area contributed by atoms with Crippen molar-refractivity contribution in [3.8, 4) is 5.75 Å². The minimum Gasteiger partial charge on any atom is -0.406 e. The lowest BCUT2D eigenvalue weighted by molar-refractivity contribution is -0.862. The molecular weight excluding hydrogens is 369 g/mol. The van der Waals surface area contributed by atoms with Gasteiger partial charge in [0.1, 0.15) is 5.75 Å². The van der Waals surface area contributed by atoms with Crippen LogP contribution in [0, 0.1) is 0 Å². The molecule has 27 heavy (non-hydrogen) atoms. The minimum atomic E-state index is -4.79. The zero-order valence-electron chi connectivity index (χ0n) is 14.9. The van der Waals surface area contributed by atoms with E-state index < -0.39 is 30.0 Å². The summed E-state index contributed by atoms with van der Waals surface area (Å²) in [4.78, 5) is 35.5. The molecule has 1 aromatic rings. The van der Waals surface area contributed by atoms with Crippen molar-refractivity contribution >= 4 is 23.5 Å². The van der Waals surface area contributed by atoms with E-state index in [0.717, 1.165) is 18.6 Å². The highest BCUT2D eigenvalue weighted by molar-refractivity contribution is 5.95. The van der Waals surface area contributed by atoms with E-state index >= 15 is 0 Å². The first kappa shape index (κ1) is 22.2. The third-order valence-electron chi connectivity index (χ3n) is 3.08. The van der Waals surface area contributed by atoms with Crippen LogP contribution in [0.25, 0.3) is 0 Å². The molecule has 1 atom stereocenters. The molecule has 1 rings (SSSR count). The van der Waals surface area contributed by atoms with Crippen LogP contribution in [0.3, 0.4) is 0 Å². The Kier molecular flexibility index (Phi) is 8.52. The number of halogens is 3. The van der Waals surface area contributed by atoms with Crippen LogP contribution in [0.5, 0.6) is 5.75 Å². The summed E-state index contributed by atoms with van der Waals surface area (Å²) >= 11 is 0. The van der Waals surface area contributed by atoms with Crippen LogP contribution in [0.4, 0.5) is 23.7 Å². The predicted molar refractivity (Wildman–Crippen MR) is 90.2 cm³/mol. The molecule has 0 radical (unpaired) electrons. The Bertz CT molecular complexity index is 650. The summed E-state index contributed by atoms with van der Waals surface area (Å²) in [5, 5.41) is 7.13. The molecule has 0 saturated heterocycles. The lowest BCUT2D eigenvalue weighted by Gasteiger charge is -2.14. The third-order valence-corrected chi connectivity index (χ3v) is 3.08. The number of alkyl halides is 3. The maximum absolute atomic E-state index is 12.1. The number of imide groups is 1. The Labute approximate surface area is 154 Å². The summed E-state index contributed by atoms with van der Waals surface area (Å²) in [7, 11) is 1.59. The first-order valence-electron chi connectivity index (χ1n) is 8.13. The van der Waals surface area contributed by atoms with Crippen LogP contribution in [0.2, 0.25) is 0 Å². The number of carbonyl (C=O) groups is 3. The van der Waals surface area contributed by atoms with E-state index in [0.29, 0.717) is 11.4 Å². The third kappa shape index (κ3) is 10.0. The van der Waals surface area contributed by atoms with Gasteiger partial charge in [0.2, 0.25) is 0 Å². The maximum Gasteiger partial charge on any atom is 0.573 e. The highest BCUT2D eigenvalue weighted by Crippen LogP contribution is 2.23. The average molecular weight is 391 g/mol. The number of nitrogens with one attached hydrogen (secondary N) is 4. The second-order valence-electron chi connectivity index (χ2n) is 5.74. The van der Waals surface area contributed by atoms with E-state index in [2.05, 4.69) is 20.7 Å². The van der Waals surface area contributed by atoms with E-state index in [4.69, 9.17) is 0 Å². The number of quaternary nitrogens is 1. The molecule has 1 unspecified atom stereocenters. The Morgan fingerprint density at radius 1 is 1.07 bits per heavy atom. The van der Waals surface area contributed by atoms with Gasteiger partial charge in [-0.05, 0) is 30.7 Å². The van der Waals surface area contributed by atoms with Crippen molar-refractivity contribution in [3.63, 3.8) is 0 Å². The van der Waals surface area contributed by atoms with E-state index in [1.807, 2.05) is 6.92 Å². The predicted octanol–water partition coefficient (Wildman–Crippen LogP) is 0.274. The van der Waals surface area contributed by atoms with Crippen molar-refractivity contribution in [1.29, 1.82) is 0 Å². The number of rotatable bonds is 8. The van der Waals surface area contributed by atoms with Crippen LogP contribution in [-0.4, -0.2) is 50.9 Å². The lowest BCUT2D eigenvalue weighted by atomic mass is 10.3. The number of hydrogen-bond acceptors (Lipinski definition) is 4. The lowest BCUT2D eigenvalue weighted by Crippen LogP contribution is -3.11. The van der Waals surface area contributed by atoms with Gasteiger partial charge >= 0.3 is 12.4 Å². The van der Waals surface area contributed by atoms with Crippen LogP contribution >= 0.6 is 0 Å². The van der Waals surface area contributed by atoms with Crippen LogP contribution in [-0.2, 0) is 9.59 Å². The van der Waals surface area contributed by atoms with Gasteiger partial charge in [-0.15, -0.1) is 13.2 Å². The van der Waals surface area contributed by atoms with Gasteiger partial charge < -0.3 is 20.3 Å². The van der Waals surface area contributed by atoms with Crippen molar-refractivity contribution < 1.29 is 37.2 Å². The number of anilines is 1. The molecule has 0 aromatic heterocycles. The fourth-order valence-corrected chi connectivity index (χ4v) is 2.01. The highest BCUT2D eigenvalue weighted by Gasteiger charge is 2.31. The molecule has 0 aliphatic rings. The summed E-state index contributed by atoms with van der Waals surface area (Å²) in [6, 6.07) is 4.07. The normalized spacial score (nSPS) is 12.0. The van der Waals surface area contributed by atoms with Crippen molar-refractivity contribution in [2.75, 3.05) is 32.0 Å². The van der Waals surface area contributed by atoms with Crippen LogP contribution < -0.4 is 25.6 Å². The first-order chi connectivity index (χ1) is 12.6. The molecule has 0 aliphatic heterocycles. The first-order valence-corrected chi connectivity index (χ1v) is 8.13. The van der Waals surface area contributed by atoms with Crippen molar-refractivity contribution in [2.24, 2.45) is 0 Å². The van der Waals surface area contributed by atoms with Gasteiger partial charge in [-0.1, -0.05) is 6.92 Å². The fourth-order valence-electron chi connectivity index (χ4n) is 2.01. The Morgan fingerprint density at radius 2 is 1.67 bits per heavy atom. The molecule has 4 N–H and O–H groups in total. The van der Waals surface area contributed by atoms with E-state index in [9.17, 15) is 27.6 Å². The van der Waals surface area contributed by atoms with Crippen LogP contribution in [0.1, 0.15) is 13.3 Å². The number of urea groups is 1. The number of carbonyl (C=O) groups excluding carboxylic acids is 3. The van der Waals surface area contributed by atoms with E-state index in [1.54, 1.807) is 7.05 Å². The zero-order valence-corrected chi connectivity index (χ0v) is 14.9. The molecule has 1 aromatic carbocycles. The van der Waals surface area contributed by atoms with Crippen LogP contribution in [0.15, 0.2) is 24.3 Å². The van der Waals surface area contributed by atoms with E-state index in [1.165, 1.54) is 12.1 Å². The van der Waals surface area contributed by atoms with Crippen molar-refractivity contribution in [2.45, 2.75) is 19.7 Å². The average Bonchev–Trinajstić information content (AvgIpc) is 2.52. The molecule has 0 fully saturated rings.